The van der Waals surface area contributed by atoms with E-state index in [2.05, 4.69) is 71.6 Å². The van der Waals surface area contributed by atoms with Gasteiger partial charge in [0.05, 0.1) is 0 Å². The van der Waals surface area contributed by atoms with Crippen molar-refractivity contribution in [3.63, 3.8) is 0 Å². The molecule has 0 aliphatic heterocycles. The van der Waals surface area contributed by atoms with E-state index in [1.54, 1.807) is 0 Å². The maximum Gasteiger partial charge on any atom is 0.0455 e. The molecule has 1 aromatic heterocycles. The number of nitrogens with zero attached hydrogens (tertiary/aromatic N) is 1. The second kappa shape index (κ2) is 4.46. The van der Waals surface area contributed by atoms with Crippen LogP contribution in [0, 0.1) is 13.8 Å². The first kappa shape index (κ1) is 11.5. The highest BCUT2D eigenvalue weighted by molar-refractivity contribution is 9.10. The second-order valence-electron chi connectivity index (χ2n) is 4.07. The molecule has 0 aliphatic carbocycles. The van der Waals surface area contributed by atoms with Gasteiger partial charge in [-0.05, 0) is 60.0 Å². The van der Waals surface area contributed by atoms with Crippen molar-refractivity contribution in [3.8, 4) is 5.69 Å². The van der Waals surface area contributed by atoms with Gasteiger partial charge < -0.3 is 4.57 Å². The second-order valence-corrected chi connectivity index (χ2v) is 4.93. The van der Waals surface area contributed by atoms with E-state index in [1.165, 1.54) is 27.1 Å². The molecule has 0 atom stereocenters. The zero-order chi connectivity index (χ0) is 11.7. The van der Waals surface area contributed by atoms with E-state index in [9.17, 15) is 0 Å². The molecule has 0 N–H and O–H groups in total. The predicted octanol–water partition coefficient (Wildman–Crippen LogP) is 4.42. The molecule has 0 spiro atoms. The van der Waals surface area contributed by atoms with Crippen LogP contribution in [-0.2, 0) is 6.42 Å². The molecular weight excluding hydrogens is 262 g/mol. The molecule has 16 heavy (non-hydrogen) atoms. The van der Waals surface area contributed by atoms with Gasteiger partial charge >= 0.3 is 0 Å². The molecule has 2 heteroatoms. The van der Waals surface area contributed by atoms with Crippen LogP contribution in [0.5, 0.6) is 0 Å². The third kappa shape index (κ3) is 1.94. The first-order valence-corrected chi connectivity index (χ1v) is 6.36. The molecule has 0 amide bonds. The summed E-state index contributed by atoms with van der Waals surface area (Å²) in [5, 5.41) is 0. The molecule has 0 radical (unpaired) electrons. The minimum absolute atomic E-state index is 1.09. The van der Waals surface area contributed by atoms with Crippen molar-refractivity contribution in [3.05, 3.63) is 51.8 Å². The lowest BCUT2D eigenvalue weighted by molar-refractivity contribution is 0.960. The number of aryl methyl sites for hydroxylation is 2. The Morgan fingerprint density at radius 1 is 1.12 bits per heavy atom. The molecule has 0 saturated carbocycles. The molecule has 1 nitrogen and oxygen atoms in total. The first-order valence-electron chi connectivity index (χ1n) is 5.57. The average molecular weight is 278 g/mol. The van der Waals surface area contributed by atoms with Crippen LogP contribution in [-0.4, -0.2) is 4.57 Å². The number of benzene rings is 1. The summed E-state index contributed by atoms with van der Waals surface area (Å²) < 4.78 is 3.44. The van der Waals surface area contributed by atoms with Crippen molar-refractivity contribution >= 4 is 15.9 Å². The van der Waals surface area contributed by atoms with E-state index in [4.69, 9.17) is 0 Å². The van der Waals surface area contributed by atoms with E-state index in [-0.39, 0.29) is 0 Å². The van der Waals surface area contributed by atoms with Crippen LogP contribution >= 0.6 is 15.9 Å². The fraction of sp³-hybridized carbons (Fsp3) is 0.286. The highest BCUT2D eigenvalue weighted by Crippen LogP contribution is 2.24. The molecule has 0 bridgehead atoms. The number of rotatable bonds is 2. The maximum atomic E-state index is 3.57. The minimum Gasteiger partial charge on any atom is -0.317 e. The number of aromatic nitrogens is 1. The topological polar surface area (TPSA) is 4.93 Å². The molecule has 0 fully saturated rings. The van der Waals surface area contributed by atoms with Gasteiger partial charge in [-0.25, -0.2) is 0 Å². The van der Waals surface area contributed by atoms with Gasteiger partial charge in [-0.3, -0.25) is 0 Å². The van der Waals surface area contributed by atoms with Gasteiger partial charge in [0.25, 0.3) is 0 Å². The Morgan fingerprint density at radius 2 is 1.75 bits per heavy atom. The first-order chi connectivity index (χ1) is 7.63. The summed E-state index contributed by atoms with van der Waals surface area (Å²) in [7, 11) is 0. The third-order valence-electron chi connectivity index (χ3n) is 2.97. The summed E-state index contributed by atoms with van der Waals surface area (Å²) in [6.45, 7) is 6.44. The Morgan fingerprint density at radius 3 is 2.19 bits per heavy atom. The standard InChI is InChI=1S/C14H16BrN/c1-4-12-5-7-13(8-6-12)16-10(2)9-14(15)11(16)3/h5-9H,4H2,1-3H3. The fourth-order valence-corrected chi connectivity index (χ4v) is 2.51. The molecule has 84 valence electrons. The smallest absolute Gasteiger partial charge is 0.0455 e. The lowest BCUT2D eigenvalue weighted by Gasteiger charge is -2.10. The van der Waals surface area contributed by atoms with Crippen molar-refractivity contribution in [2.45, 2.75) is 27.2 Å². The van der Waals surface area contributed by atoms with E-state index in [0.29, 0.717) is 0 Å². The largest absolute Gasteiger partial charge is 0.317 e. The van der Waals surface area contributed by atoms with Crippen LogP contribution in [0.25, 0.3) is 5.69 Å². The van der Waals surface area contributed by atoms with E-state index < -0.39 is 0 Å². The van der Waals surface area contributed by atoms with Gasteiger partial charge in [-0.15, -0.1) is 0 Å². The van der Waals surface area contributed by atoms with Gasteiger partial charge in [0.2, 0.25) is 0 Å². The van der Waals surface area contributed by atoms with Crippen LogP contribution in [0.2, 0.25) is 0 Å². The summed E-state index contributed by atoms with van der Waals surface area (Å²) >= 11 is 3.57. The van der Waals surface area contributed by atoms with Crippen LogP contribution < -0.4 is 0 Å². The van der Waals surface area contributed by atoms with Crippen molar-refractivity contribution < 1.29 is 0 Å². The fourth-order valence-electron chi connectivity index (χ4n) is 2.00. The van der Waals surface area contributed by atoms with E-state index in [0.717, 1.165) is 6.42 Å². The molecule has 2 aromatic rings. The third-order valence-corrected chi connectivity index (χ3v) is 3.77. The summed E-state index contributed by atoms with van der Waals surface area (Å²) in [6, 6.07) is 10.9. The van der Waals surface area contributed by atoms with Gasteiger partial charge in [-0.1, -0.05) is 19.1 Å². The molecule has 0 unspecified atom stereocenters. The quantitative estimate of drug-likeness (QED) is 0.766. The van der Waals surface area contributed by atoms with Crippen LogP contribution in [0.15, 0.2) is 34.8 Å². The summed E-state index contributed by atoms with van der Waals surface area (Å²) in [5.41, 5.74) is 5.12. The summed E-state index contributed by atoms with van der Waals surface area (Å²) in [4.78, 5) is 0. The van der Waals surface area contributed by atoms with E-state index in [1.807, 2.05) is 0 Å². The molecule has 2 rings (SSSR count). The van der Waals surface area contributed by atoms with Crippen molar-refractivity contribution in [1.82, 2.24) is 4.57 Å². The zero-order valence-corrected chi connectivity index (χ0v) is 11.5. The molecule has 0 aliphatic rings. The molecule has 0 saturated heterocycles. The Kier molecular flexibility index (Phi) is 3.20. The van der Waals surface area contributed by atoms with E-state index >= 15 is 0 Å². The Balaban J connectivity index is 2.50. The number of halogens is 1. The van der Waals surface area contributed by atoms with Crippen molar-refractivity contribution in [2.24, 2.45) is 0 Å². The lowest BCUT2D eigenvalue weighted by atomic mass is 10.1. The van der Waals surface area contributed by atoms with Gasteiger partial charge in [-0.2, -0.15) is 0 Å². The number of hydrogen-bond acceptors (Lipinski definition) is 0. The summed E-state index contributed by atoms with van der Waals surface area (Å²) in [6.07, 6.45) is 1.09. The molecular formula is C14H16BrN. The maximum absolute atomic E-state index is 3.57. The van der Waals surface area contributed by atoms with Crippen LogP contribution in [0.3, 0.4) is 0 Å². The Bertz CT molecular complexity index is 494. The number of hydrogen-bond donors (Lipinski definition) is 0. The highest BCUT2D eigenvalue weighted by Gasteiger charge is 2.07. The lowest BCUT2D eigenvalue weighted by Crippen LogP contribution is -1.98. The minimum atomic E-state index is 1.09. The summed E-state index contributed by atoms with van der Waals surface area (Å²) in [5.74, 6) is 0. The predicted molar refractivity (Wildman–Crippen MR) is 72.3 cm³/mol. The van der Waals surface area contributed by atoms with Crippen molar-refractivity contribution in [2.75, 3.05) is 0 Å². The monoisotopic (exact) mass is 277 g/mol. The van der Waals surface area contributed by atoms with Crippen LogP contribution in [0.1, 0.15) is 23.9 Å². The van der Waals surface area contributed by atoms with Gasteiger partial charge in [0, 0.05) is 21.5 Å². The van der Waals surface area contributed by atoms with Gasteiger partial charge in [0.1, 0.15) is 0 Å². The zero-order valence-electron chi connectivity index (χ0n) is 9.92. The molecule has 1 heterocycles. The normalized spacial score (nSPS) is 10.8. The van der Waals surface area contributed by atoms with Gasteiger partial charge in [0.15, 0.2) is 0 Å². The average Bonchev–Trinajstić information content (AvgIpc) is 2.54. The van der Waals surface area contributed by atoms with Crippen LogP contribution in [0.4, 0.5) is 0 Å². The highest BCUT2D eigenvalue weighted by atomic mass is 79.9. The molecule has 1 aromatic carbocycles. The Labute approximate surface area is 105 Å². The Hall–Kier alpha value is -1.02. The van der Waals surface area contributed by atoms with Crippen molar-refractivity contribution in [1.29, 1.82) is 0 Å². The SMILES string of the molecule is CCc1ccc(-n2c(C)cc(Br)c2C)cc1.